The van der Waals surface area contributed by atoms with Crippen molar-refractivity contribution in [2.24, 2.45) is 30.4 Å². The number of fused-ring (bicyclic) bond motifs is 5. The highest BCUT2D eigenvalue weighted by Crippen LogP contribution is 2.38. The lowest BCUT2D eigenvalue weighted by molar-refractivity contribution is -0.384. The van der Waals surface area contributed by atoms with Crippen LogP contribution in [0.2, 0.25) is 0 Å². The number of hydrogen-bond donors (Lipinski definition) is 4. The molecule has 7 rings (SSSR count). The van der Waals surface area contributed by atoms with Gasteiger partial charge >= 0.3 is 0 Å². The van der Waals surface area contributed by atoms with Crippen LogP contribution < -0.4 is 11.5 Å². The van der Waals surface area contributed by atoms with E-state index in [9.17, 15) is 46.1 Å². The molecular formula is C37H40N6O12S2. The second-order valence-electron chi connectivity index (χ2n) is 14.1. The molecule has 302 valence electrons. The van der Waals surface area contributed by atoms with Gasteiger partial charge in [-0.15, -0.1) is 0 Å². The quantitative estimate of drug-likeness (QED) is 0.0757. The number of imide groups is 2. The maximum absolute atomic E-state index is 13.8. The Kier molecular flexibility index (Phi) is 11.7. The largest absolute Gasteiger partial charge is 0.344 e. The molecule has 0 saturated heterocycles. The van der Waals surface area contributed by atoms with Crippen LogP contribution in [0, 0.1) is 22.0 Å². The molecule has 4 aromatic carbocycles. The van der Waals surface area contributed by atoms with Crippen molar-refractivity contribution in [3.8, 4) is 0 Å². The number of benzene rings is 4. The summed E-state index contributed by atoms with van der Waals surface area (Å²) in [6.45, 7) is 3.52. The number of carbonyl (C=O) groups excluding carboxylic acids is 4. The minimum absolute atomic E-state index is 0.0286. The van der Waals surface area contributed by atoms with Gasteiger partial charge < -0.3 is 16.0 Å². The Balaban J connectivity index is 0.000000554. The third-order valence-corrected chi connectivity index (χ3v) is 9.84. The molecule has 0 radical (unpaired) electrons. The number of rotatable bonds is 8. The number of amides is 4. The lowest BCUT2D eigenvalue weighted by Gasteiger charge is -2.35. The molecule has 6 N–H and O–H groups in total. The Morgan fingerprint density at radius 2 is 1.19 bits per heavy atom. The summed E-state index contributed by atoms with van der Waals surface area (Å²) in [5, 5.41) is 14.0. The first kappa shape index (κ1) is 42.5. The minimum Gasteiger partial charge on any atom is -0.344 e. The Labute approximate surface area is 326 Å². The molecule has 0 aliphatic carbocycles. The molecule has 0 bridgehead atoms. The monoisotopic (exact) mass is 824 g/mol. The first-order chi connectivity index (χ1) is 26.4. The number of non-ortho nitro benzene ring substituents is 1. The van der Waals surface area contributed by atoms with Crippen LogP contribution in [0.15, 0.2) is 66.7 Å². The summed E-state index contributed by atoms with van der Waals surface area (Å²) in [7, 11) is -5.41. The summed E-state index contributed by atoms with van der Waals surface area (Å²) in [6.07, 6.45) is 1.43. The normalized spacial score (nSPS) is 16.2. The topological polar surface area (TPSA) is 284 Å². The molecule has 57 heavy (non-hydrogen) atoms. The van der Waals surface area contributed by atoms with Crippen molar-refractivity contribution >= 4 is 82.1 Å². The standard InChI is InChI=1S/C35H32N6O6.2CH4O3S/c1-17(15-39-32(42)22-9-6-7-19-13-20(41(46)47)14-24(27(19)22)34(39)44)30(36)31(37)18(2)16-40-33(43)23-11-12-26-28(29(23)35(40)45)21-8-4-5-10-25(21)38(26)3;2*1-5(2,3)4/h4-14,17-18,30-31H,15-16,36-37H2,1-3H3;2*1H3,(H,2,3,4)/t17-,18-,30?,31?;;/m1../s1. The summed E-state index contributed by atoms with van der Waals surface area (Å²) < 4.78 is 53.7. The number of nitrogens with zero attached hydrogens (tertiary/aromatic N) is 4. The van der Waals surface area contributed by atoms with Gasteiger partial charge in [0.2, 0.25) is 0 Å². The van der Waals surface area contributed by atoms with Crippen LogP contribution in [-0.2, 0) is 27.3 Å². The molecule has 18 nitrogen and oxygen atoms in total. The molecule has 4 amide bonds. The number of aryl methyl sites for hydroxylation is 1. The van der Waals surface area contributed by atoms with Gasteiger partial charge in [0.05, 0.1) is 34.1 Å². The highest BCUT2D eigenvalue weighted by molar-refractivity contribution is 7.85. The van der Waals surface area contributed by atoms with E-state index in [1.54, 1.807) is 31.2 Å². The van der Waals surface area contributed by atoms with Crippen LogP contribution >= 0.6 is 0 Å². The van der Waals surface area contributed by atoms with Gasteiger partial charge in [-0.25, -0.2) is 0 Å². The van der Waals surface area contributed by atoms with Crippen molar-refractivity contribution in [3.05, 3.63) is 99.1 Å². The minimum atomic E-state index is -3.67. The third-order valence-electron chi connectivity index (χ3n) is 9.84. The second-order valence-corrected chi connectivity index (χ2v) is 17.1. The highest BCUT2D eigenvalue weighted by atomic mass is 32.2. The van der Waals surface area contributed by atoms with Crippen molar-refractivity contribution in [2.45, 2.75) is 25.9 Å². The van der Waals surface area contributed by atoms with Crippen LogP contribution in [0.1, 0.15) is 55.3 Å². The van der Waals surface area contributed by atoms with Crippen molar-refractivity contribution in [1.82, 2.24) is 14.4 Å². The van der Waals surface area contributed by atoms with E-state index in [1.165, 1.54) is 17.0 Å². The van der Waals surface area contributed by atoms with E-state index in [2.05, 4.69) is 0 Å². The fourth-order valence-electron chi connectivity index (χ4n) is 7.18. The molecule has 2 unspecified atom stereocenters. The van der Waals surface area contributed by atoms with Crippen LogP contribution in [0.3, 0.4) is 0 Å². The van der Waals surface area contributed by atoms with Gasteiger partial charge in [0.15, 0.2) is 0 Å². The molecular weight excluding hydrogens is 785 g/mol. The summed E-state index contributed by atoms with van der Waals surface area (Å²) in [5.41, 5.74) is 15.9. The number of carbonyl (C=O) groups is 4. The predicted molar refractivity (Wildman–Crippen MR) is 211 cm³/mol. The van der Waals surface area contributed by atoms with E-state index < -0.39 is 66.8 Å². The van der Waals surface area contributed by atoms with E-state index in [0.717, 1.165) is 26.7 Å². The number of nitro benzene ring substituents is 1. The number of nitro groups is 1. The van der Waals surface area contributed by atoms with Crippen molar-refractivity contribution in [1.29, 1.82) is 0 Å². The summed E-state index contributed by atoms with van der Waals surface area (Å²) >= 11 is 0. The Morgan fingerprint density at radius 1 is 0.684 bits per heavy atom. The molecule has 2 aliphatic rings. The fourth-order valence-corrected chi connectivity index (χ4v) is 7.18. The molecule has 0 saturated carbocycles. The molecule has 2 aliphatic heterocycles. The lowest BCUT2D eigenvalue weighted by atomic mass is 9.86. The maximum Gasteiger partial charge on any atom is 0.270 e. The zero-order valence-corrected chi connectivity index (χ0v) is 32.9. The first-order valence-corrected chi connectivity index (χ1v) is 20.9. The van der Waals surface area contributed by atoms with Gasteiger partial charge in [0, 0.05) is 77.1 Å². The predicted octanol–water partition coefficient (Wildman–Crippen LogP) is 3.22. The second kappa shape index (κ2) is 15.7. The van der Waals surface area contributed by atoms with E-state index in [0.29, 0.717) is 34.4 Å². The zero-order chi connectivity index (χ0) is 42.5. The number of aromatic nitrogens is 1. The van der Waals surface area contributed by atoms with Crippen LogP contribution in [0.25, 0.3) is 32.6 Å². The Hall–Kier alpha value is -5.64. The molecule has 0 spiro atoms. The summed E-state index contributed by atoms with van der Waals surface area (Å²) in [6, 6.07) is 17.2. The molecule has 3 heterocycles. The van der Waals surface area contributed by atoms with Gasteiger partial charge in [-0.05, 0) is 41.5 Å². The average molecular weight is 825 g/mol. The summed E-state index contributed by atoms with van der Waals surface area (Å²) in [5.74, 6) is -2.87. The van der Waals surface area contributed by atoms with Crippen LogP contribution in [0.5, 0.6) is 0 Å². The molecule has 4 atom stereocenters. The highest BCUT2D eigenvalue weighted by Gasteiger charge is 2.41. The van der Waals surface area contributed by atoms with Gasteiger partial charge in [-0.2, -0.15) is 16.8 Å². The molecule has 0 fully saturated rings. The van der Waals surface area contributed by atoms with E-state index >= 15 is 0 Å². The number of nitrogens with two attached hydrogens (primary N) is 2. The first-order valence-electron chi connectivity index (χ1n) is 17.2. The van der Waals surface area contributed by atoms with Gasteiger partial charge in [0.25, 0.3) is 49.6 Å². The van der Waals surface area contributed by atoms with E-state index in [-0.39, 0.29) is 35.8 Å². The van der Waals surface area contributed by atoms with E-state index in [4.69, 9.17) is 20.6 Å². The average Bonchev–Trinajstić information content (AvgIpc) is 3.55. The van der Waals surface area contributed by atoms with Gasteiger partial charge in [-0.1, -0.05) is 44.2 Å². The summed E-state index contributed by atoms with van der Waals surface area (Å²) in [4.78, 5) is 67.7. The zero-order valence-electron chi connectivity index (χ0n) is 31.3. The molecule has 5 aromatic rings. The van der Waals surface area contributed by atoms with E-state index in [1.807, 2.05) is 48.9 Å². The van der Waals surface area contributed by atoms with Crippen molar-refractivity contribution in [2.75, 3.05) is 25.6 Å². The maximum atomic E-state index is 13.8. The molecule has 20 heteroatoms. The van der Waals surface area contributed by atoms with Crippen LogP contribution in [0.4, 0.5) is 5.69 Å². The van der Waals surface area contributed by atoms with Crippen molar-refractivity contribution < 1.29 is 50.0 Å². The Bertz CT molecular complexity index is 2690. The van der Waals surface area contributed by atoms with Crippen molar-refractivity contribution in [3.63, 3.8) is 0 Å². The van der Waals surface area contributed by atoms with Crippen LogP contribution in [-0.4, -0.2) is 107 Å². The number of hydrogen-bond acceptors (Lipinski definition) is 12. The third kappa shape index (κ3) is 8.70. The number of para-hydroxylation sites is 1. The Morgan fingerprint density at radius 3 is 1.75 bits per heavy atom. The SMILES string of the molecule is CS(=O)(=O)O.CS(=O)(=O)O.C[C@H](CN1C(=O)c2cccc3cc([N+](=O)[O-])cc(c23)C1=O)C(N)C(N)[C@H](C)CN1C(=O)c2ccc3c(c2C1=O)c1ccccc1n3C. The van der Waals surface area contributed by atoms with Gasteiger partial charge in [0.1, 0.15) is 0 Å². The molecule has 1 aromatic heterocycles. The van der Waals surface area contributed by atoms with Gasteiger partial charge in [-0.3, -0.25) is 48.2 Å². The smallest absolute Gasteiger partial charge is 0.270 e. The fraction of sp³-hybridized carbons (Fsp3) is 0.297. The lowest BCUT2D eigenvalue weighted by Crippen LogP contribution is -2.55.